The number of nitrogens with two attached hydrogens (primary N) is 1. The number of benzene rings is 1. The summed E-state index contributed by atoms with van der Waals surface area (Å²) in [7, 11) is 0. The van der Waals surface area contributed by atoms with Gasteiger partial charge >= 0.3 is 0 Å². The van der Waals surface area contributed by atoms with Gasteiger partial charge in [-0.15, -0.1) is 10.2 Å². The average Bonchev–Trinajstić information content (AvgIpc) is 2.71. The number of aromatic nitrogens is 3. The Hall–Kier alpha value is -1.68. The molecule has 4 nitrogen and oxygen atoms in total. The van der Waals surface area contributed by atoms with Crippen molar-refractivity contribution in [3.05, 3.63) is 47.5 Å². The van der Waals surface area contributed by atoms with Crippen LogP contribution in [-0.2, 0) is 6.54 Å². The van der Waals surface area contributed by atoms with Crippen LogP contribution in [0.25, 0.3) is 0 Å². The summed E-state index contributed by atoms with van der Waals surface area (Å²) >= 11 is 0. The lowest BCUT2D eigenvalue weighted by molar-refractivity contribution is 0.469. The molecule has 0 fully saturated rings. The van der Waals surface area contributed by atoms with Crippen LogP contribution in [0.2, 0.25) is 0 Å². The van der Waals surface area contributed by atoms with Crippen LogP contribution in [0, 0.1) is 12.8 Å². The Morgan fingerprint density at radius 1 is 1.17 bits per heavy atom. The Kier molecular flexibility index (Phi) is 3.77. The van der Waals surface area contributed by atoms with E-state index in [-0.39, 0.29) is 6.04 Å². The molecule has 18 heavy (non-hydrogen) atoms. The molecule has 0 saturated heterocycles. The molecular formula is C14H20N4. The third-order valence-corrected chi connectivity index (χ3v) is 3.16. The first-order valence-corrected chi connectivity index (χ1v) is 6.28. The highest BCUT2D eigenvalue weighted by atomic mass is 15.3. The summed E-state index contributed by atoms with van der Waals surface area (Å²) in [6, 6.07) is 10.2. The number of aryl methyl sites for hydroxylation is 1. The highest BCUT2D eigenvalue weighted by Gasteiger charge is 2.19. The predicted molar refractivity (Wildman–Crippen MR) is 72.1 cm³/mol. The minimum absolute atomic E-state index is 0.0742. The summed E-state index contributed by atoms with van der Waals surface area (Å²) < 4.78 is 2.10. The fourth-order valence-electron chi connectivity index (χ4n) is 1.90. The number of hydrogen-bond donors (Lipinski definition) is 1. The SMILES string of the molecule is Cc1nnc(C(N)C(C)C)n1Cc1ccccc1. The van der Waals surface area contributed by atoms with E-state index in [1.807, 2.05) is 25.1 Å². The molecular weight excluding hydrogens is 224 g/mol. The molecule has 1 atom stereocenters. The Labute approximate surface area is 108 Å². The fourth-order valence-corrected chi connectivity index (χ4v) is 1.90. The molecule has 0 aliphatic rings. The third-order valence-electron chi connectivity index (χ3n) is 3.16. The molecule has 1 aromatic heterocycles. The molecule has 1 aromatic carbocycles. The van der Waals surface area contributed by atoms with Gasteiger partial charge in [0.25, 0.3) is 0 Å². The van der Waals surface area contributed by atoms with Crippen LogP contribution in [0.5, 0.6) is 0 Å². The standard InChI is InChI=1S/C14H20N4/c1-10(2)13(15)14-17-16-11(3)18(14)9-12-7-5-4-6-8-12/h4-8,10,13H,9,15H2,1-3H3. The van der Waals surface area contributed by atoms with Crippen LogP contribution in [0.3, 0.4) is 0 Å². The minimum Gasteiger partial charge on any atom is -0.321 e. The zero-order valence-electron chi connectivity index (χ0n) is 11.2. The van der Waals surface area contributed by atoms with E-state index in [0.717, 1.165) is 18.2 Å². The van der Waals surface area contributed by atoms with Crippen molar-refractivity contribution in [2.45, 2.75) is 33.4 Å². The van der Waals surface area contributed by atoms with Crippen LogP contribution in [-0.4, -0.2) is 14.8 Å². The van der Waals surface area contributed by atoms with E-state index in [2.05, 4.69) is 40.7 Å². The second-order valence-electron chi connectivity index (χ2n) is 4.95. The lowest BCUT2D eigenvalue weighted by Crippen LogP contribution is -2.22. The molecule has 0 aliphatic heterocycles. The van der Waals surface area contributed by atoms with Crippen molar-refractivity contribution in [3.63, 3.8) is 0 Å². The minimum atomic E-state index is -0.0742. The Morgan fingerprint density at radius 3 is 2.44 bits per heavy atom. The van der Waals surface area contributed by atoms with E-state index >= 15 is 0 Å². The lowest BCUT2D eigenvalue weighted by atomic mass is 10.0. The second kappa shape index (κ2) is 5.31. The first kappa shape index (κ1) is 12.8. The first-order chi connectivity index (χ1) is 8.59. The smallest absolute Gasteiger partial charge is 0.150 e. The third kappa shape index (κ3) is 2.59. The van der Waals surface area contributed by atoms with E-state index in [1.165, 1.54) is 5.56 Å². The summed E-state index contributed by atoms with van der Waals surface area (Å²) in [5.41, 5.74) is 7.42. The van der Waals surface area contributed by atoms with Gasteiger partial charge in [0.05, 0.1) is 12.6 Å². The molecule has 0 radical (unpaired) electrons. The molecule has 96 valence electrons. The quantitative estimate of drug-likeness (QED) is 0.897. The Morgan fingerprint density at radius 2 is 1.83 bits per heavy atom. The molecule has 0 aliphatic carbocycles. The van der Waals surface area contributed by atoms with E-state index in [0.29, 0.717) is 5.92 Å². The van der Waals surface area contributed by atoms with Crippen molar-refractivity contribution < 1.29 is 0 Å². The van der Waals surface area contributed by atoms with Crippen molar-refractivity contribution in [1.82, 2.24) is 14.8 Å². The Bertz CT molecular complexity index is 502. The molecule has 0 amide bonds. The normalized spacial score (nSPS) is 12.9. The molecule has 1 unspecified atom stereocenters. The van der Waals surface area contributed by atoms with Gasteiger partial charge in [-0.25, -0.2) is 0 Å². The van der Waals surface area contributed by atoms with Gasteiger partial charge in [0, 0.05) is 0 Å². The maximum absolute atomic E-state index is 6.18. The lowest BCUT2D eigenvalue weighted by Gasteiger charge is -2.17. The number of hydrogen-bond acceptors (Lipinski definition) is 3. The summed E-state index contributed by atoms with van der Waals surface area (Å²) in [5, 5.41) is 8.37. The molecule has 2 rings (SSSR count). The van der Waals surface area contributed by atoms with Gasteiger partial charge in [-0.3, -0.25) is 0 Å². The topological polar surface area (TPSA) is 56.7 Å². The highest BCUT2D eigenvalue weighted by molar-refractivity contribution is 5.16. The molecule has 0 saturated carbocycles. The molecule has 4 heteroatoms. The van der Waals surface area contributed by atoms with E-state index in [4.69, 9.17) is 5.73 Å². The van der Waals surface area contributed by atoms with E-state index in [9.17, 15) is 0 Å². The van der Waals surface area contributed by atoms with E-state index < -0.39 is 0 Å². The van der Waals surface area contributed by atoms with Crippen LogP contribution in [0.4, 0.5) is 0 Å². The van der Waals surface area contributed by atoms with Crippen molar-refractivity contribution in [3.8, 4) is 0 Å². The average molecular weight is 244 g/mol. The molecule has 0 spiro atoms. The van der Waals surface area contributed by atoms with Gasteiger partial charge in [0.1, 0.15) is 5.82 Å². The first-order valence-electron chi connectivity index (χ1n) is 6.28. The largest absolute Gasteiger partial charge is 0.321 e. The van der Waals surface area contributed by atoms with Crippen LogP contribution >= 0.6 is 0 Å². The summed E-state index contributed by atoms with van der Waals surface area (Å²) in [4.78, 5) is 0. The van der Waals surface area contributed by atoms with Gasteiger partial charge in [-0.05, 0) is 18.4 Å². The van der Waals surface area contributed by atoms with Crippen LogP contribution in [0.1, 0.15) is 37.1 Å². The van der Waals surface area contributed by atoms with Gasteiger partial charge in [-0.2, -0.15) is 0 Å². The summed E-state index contributed by atoms with van der Waals surface area (Å²) in [5.74, 6) is 2.12. The van der Waals surface area contributed by atoms with Gasteiger partial charge < -0.3 is 10.3 Å². The van der Waals surface area contributed by atoms with Crippen molar-refractivity contribution in [1.29, 1.82) is 0 Å². The van der Waals surface area contributed by atoms with Gasteiger partial charge in [0.15, 0.2) is 5.82 Å². The zero-order valence-corrected chi connectivity index (χ0v) is 11.2. The van der Waals surface area contributed by atoms with Crippen molar-refractivity contribution in [2.75, 3.05) is 0 Å². The maximum atomic E-state index is 6.18. The summed E-state index contributed by atoms with van der Waals surface area (Å²) in [6.07, 6.45) is 0. The van der Waals surface area contributed by atoms with Crippen molar-refractivity contribution >= 4 is 0 Å². The van der Waals surface area contributed by atoms with Crippen LogP contribution < -0.4 is 5.73 Å². The Balaban J connectivity index is 2.30. The van der Waals surface area contributed by atoms with E-state index in [1.54, 1.807) is 0 Å². The predicted octanol–water partition coefficient (Wildman–Crippen LogP) is 2.29. The monoisotopic (exact) mass is 244 g/mol. The molecule has 2 N–H and O–H groups in total. The fraction of sp³-hybridized carbons (Fsp3) is 0.429. The zero-order chi connectivity index (χ0) is 13.1. The molecule has 2 aromatic rings. The van der Waals surface area contributed by atoms with Gasteiger partial charge in [0.2, 0.25) is 0 Å². The second-order valence-corrected chi connectivity index (χ2v) is 4.95. The molecule has 0 bridgehead atoms. The maximum Gasteiger partial charge on any atom is 0.150 e. The summed E-state index contributed by atoms with van der Waals surface area (Å²) in [6.45, 7) is 6.94. The molecule has 1 heterocycles. The van der Waals surface area contributed by atoms with Crippen molar-refractivity contribution in [2.24, 2.45) is 11.7 Å². The highest BCUT2D eigenvalue weighted by Crippen LogP contribution is 2.18. The number of nitrogens with zero attached hydrogens (tertiary/aromatic N) is 3. The number of rotatable bonds is 4. The van der Waals surface area contributed by atoms with Gasteiger partial charge in [-0.1, -0.05) is 44.2 Å². The van der Waals surface area contributed by atoms with Crippen LogP contribution in [0.15, 0.2) is 30.3 Å².